The lowest BCUT2D eigenvalue weighted by Gasteiger charge is -2.33. The molecule has 0 saturated heterocycles. The fourth-order valence-corrected chi connectivity index (χ4v) is 3.43. The first kappa shape index (κ1) is 22.4. The Hall–Kier alpha value is -2.26. The zero-order valence-corrected chi connectivity index (χ0v) is 18.8. The molecule has 0 saturated carbocycles. The van der Waals surface area contributed by atoms with Crippen LogP contribution in [0.2, 0.25) is 0 Å². The largest absolute Gasteiger partial charge is 0.372 e. The highest BCUT2D eigenvalue weighted by Crippen LogP contribution is 2.43. The molecular weight excluding hydrogens is 461 g/mol. The summed E-state index contributed by atoms with van der Waals surface area (Å²) in [6, 6.07) is 5.07. The predicted octanol–water partition coefficient (Wildman–Crippen LogP) is 5.92. The number of halogens is 4. The summed E-state index contributed by atoms with van der Waals surface area (Å²) in [5.74, 6) is -3.55. The summed E-state index contributed by atoms with van der Waals surface area (Å²) >= 11 is 3.31. The van der Waals surface area contributed by atoms with Crippen LogP contribution in [0.25, 0.3) is 10.9 Å². The van der Waals surface area contributed by atoms with E-state index >= 15 is 4.39 Å². The highest BCUT2D eigenvalue weighted by Gasteiger charge is 2.50. The van der Waals surface area contributed by atoms with Crippen LogP contribution in [-0.2, 0) is 10.7 Å². The first-order valence-corrected chi connectivity index (χ1v) is 10.1. The van der Waals surface area contributed by atoms with Crippen LogP contribution in [0, 0.1) is 12.7 Å². The van der Waals surface area contributed by atoms with Crippen LogP contribution in [0.3, 0.4) is 0 Å². The molecule has 2 aromatic heterocycles. The van der Waals surface area contributed by atoms with Crippen molar-refractivity contribution in [2.45, 2.75) is 45.3 Å². The molecular formula is C21H22BrF3N4O. The molecule has 3 aromatic rings. The highest BCUT2D eigenvalue weighted by molar-refractivity contribution is 9.10. The molecule has 0 aliphatic heterocycles. The lowest BCUT2D eigenvalue weighted by molar-refractivity contribution is -0.186. The molecule has 0 amide bonds. The Kier molecular flexibility index (Phi) is 6.06. The van der Waals surface area contributed by atoms with Crippen molar-refractivity contribution in [2.24, 2.45) is 0 Å². The van der Waals surface area contributed by atoms with E-state index in [1.54, 1.807) is 26.1 Å². The van der Waals surface area contributed by atoms with Crippen LogP contribution < -0.4 is 5.32 Å². The van der Waals surface area contributed by atoms with Crippen LogP contribution >= 0.6 is 15.9 Å². The number of hydrogen-bond donors (Lipinski definition) is 1. The van der Waals surface area contributed by atoms with E-state index in [1.165, 1.54) is 33.1 Å². The molecule has 0 aliphatic rings. The standard InChI is InChI=1S/C21H22BrF3N4O/c1-11(27-19-14-9-17(22)26-10-16(14)28-12(2)29-19)13-7-6-8-15(18(13)23)21(24,25)20(3,4)30-5/h6-11H,1-5H3,(H,27,28,29)/t11-/m1/s1. The van der Waals surface area contributed by atoms with Gasteiger partial charge in [-0.2, -0.15) is 8.78 Å². The quantitative estimate of drug-likeness (QED) is 0.441. The van der Waals surface area contributed by atoms with E-state index in [0.717, 1.165) is 6.07 Å². The van der Waals surface area contributed by atoms with Gasteiger partial charge in [0.1, 0.15) is 27.7 Å². The molecule has 1 aromatic carbocycles. The van der Waals surface area contributed by atoms with Gasteiger partial charge in [0.2, 0.25) is 0 Å². The van der Waals surface area contributed by atoms with Gasteiger partial charge in [-0.15, -0.1) is 0 Å². The van der Waals surface area contributed by atoms with Crippen LogP contribution in [0.4, 0.5) is 19.0 Å². The summed E-state index contributed by atoms with van der Waals surface area (Å²) in [4.78, 5) is 12.9. The number of fused-ring (bicyclic) bond motifs is 1. The van der Waals surface area contributed by atoms with Gasteiger partial charge in [0.25, 0.3) is 0 Å². The number of benzene rings is 1. The lowest BCUT2D eigenvalue weighted by atomic mass is 9.90. The molecule has 1 atom stereocenters. The van der Waals surface area contributed by atoms with E-state index in [0.29, 0.717) is 27.1 Å². The number of nitrogens with zero attached hydrogens (tertiary/aromatic N) is 3. The average Bonchev–Trinajstić information content (AvgIpc) is 2.68. The number of pyridine rings is 1. The average molecular weight is 483 g/mol. The second-order valence-corrected chi connectivity index (χ2v) is 8.32. The smallest absolute Gasteiger partial charge is 0.303 e. The number of rotatable bonds is 6. The van der Waals surface area contributed by atoms with Gasteiger partial charge in [0, 0.05) is 18.1 Å². The van der Waals surface area contributed by atoms with Crippen molar-refractivity contribution >= 4 is 32.7 Å². The molecule has 0 radical (unpaired) electrons. The third-order valence-electron chi connectivity index (χ3n) is 5.11. The summed E-state index contributed by atoms with van der Waals surface area (Å²) in [6.07, 6.45) is 1.60. The van der Waals surface area contributed by atoms with Crippen molar-refractivity contribution in [2.75, 3.05) is 12.4 Å². The Labute approximate surface area is 181 Å². The van der Waals surface area contributed by atoms with Gasteiger partial charge >= 0.3 is 5.92 Å². The Morgan fingerprint density at radius 3 is 2.57 bits per heavy atom. The summed E-state index contributed by atoms with van der Waals surface area (Å²) in [7, 11) is 1.18. The van der Waals surface area contributed by atoms with Crippen molar-refractivity contribution in [3.8, 4) is 0 Å². The number of alkyl halides is 2. The van der Waals surface area contributed by atoms with E-state index in [4.69, 9.17) is 4.74 Å². The van der Waals surface area contributed by atoms with Gasteiger partial charge in [-0.3, -0.25) is 0 Å². The third kappa shape index (κ3) is 4.00. The second kappa shape index (κ2) is 8.11. The second-order valence-electron chi connectivity index (χ2n) is 7.51. The third-order valence-corrected chi connectivity index (χ3v) is 5.55. The fourth-order valence-electron chi connectivity index (χ4n) is 3.09. The van der Waals surface area contributed by atoms with Crippen molar-refractivity contribution < 1.29 is 17.9 Å². The van der Waals surface area contributed by atoms with E-state index in [9.17, 15) is 8.78 Å². The molecule has 5 nitrogen and oxygen atoms in total. The maximum Gasteiger partial charge on any atom is 0.303 e. The molecule has 0 unspecified atom stereocenters. The lowest BCUT2D eigenvalue weighted by Crippen LogP contribution is -2.43. The monoisotopic (exact) mass is 482 g/mol. The molecule has 2 heterocycles. The Morgan fingerprint density at radius 2 is 1.90 bits per heavy atom. The molecule has 160 valence electrons. The normalized spacial score (nSPS) is 13.5. The van der Waals surface area contributed by atoms with Crippen molar-refractivity contribution in [3.05, 3.63) is 57.8 Å². The number of aromatic nitrogens is 3. The maximum absolute atomic E-state index is 15.2. The van der Waals surface area contributed by atoms with E-state index in [2.05, 4.69) is 36.2 Å². The molecule has 30 heavy (non-hydrogen) atoms. The van der Waals surface area contributed by atoms with E-state index < -0.39 is 28.9 Å². The number of hydrogen-bond acceptors (Lipinski definition) is 5. The SMILES string of the molecule is COC(C)(C)C(F)(F)c1cccc([C@@H](C)Nc2nc(C)nc3cnc(Br)cc23)c1F. The number of ether oxygens (including phenoxy) is 1. The van der Waals surface area contributed by atoms with Crippen molar-refractivity contribution in [1.82, 2.24) is 15.0 Å². The van der Waals surface area contributed by atoms with Crippen molar-refractivity contribution in [3.63, 3.8) is 0 Å². The highest BCUT2D eigenvalue weighted by atomic mass is 79.9. The predicted molar refractivity (Wildman–Crippen MR) is 113 cm³/mol. The molecule has 3 rings (SSSR count). The molecule has 0 aliphatic carbocycles. The van der Waals surface area contributed by atoms with Crippen LogP contribution in [-0.4, -0.2) is 27.7 Å². The molecule has 0 spiro atoms. The summed E-state index contributed by atoms with van der Waals surface area (Å²) < 4.78 is 50.6. The number of nitrogens with one attached hydrogen (secondary N) is 1. The van der Waals surface area contributed by atoms with Crippen LogP contribution in [0.5, 0.6) is 0 Å². The summed E-state index contributed by atoms with van der Waals surface area (Å²) in [6.45, 7) is 5.86. The van der Waals surface area contributed by atoms with Gasteiger partial charge in [-0.05, 0) is 55.8 Å². The first-order chi connectivity index (χ1) is 14.0. The van der Waals surface area contributed by atoms with E-state index in [-0.39, 0.29) is 5.56 Å². The number of anilines is 1. The fraction of sp³-hybridized carbons (Fsp3) is 0.381. The topological polar surface area (TPSA) is 59.9 Å². The number of aryl methyl sites for hydroxylation is 1. The summed E-state index contributed by atoms with van der Waals surface area (Å²) in [5.41, 5.74) is -1.88. The molecule has 0 bridgehead atoms. The first-order valence-electron chi connectivity index (χ1n) is 9.26. The van der Waals surface area contributed by atoms with Gasteiger partial charge in [0.15, 0.2) is 0 Å². The minimum absolute atomic E-state index is 0.0941. The van der Waals surface area contributed by atoms with Gasteiger partial charge in [-0.1, -0.05) is 12.1 Å². The maximum atomic E-state index is 15.2. The zero-order chi connectivity index (χ0) is 22.3. The van der Waals surface area contributed by atoms with E-state index in [1.807, 2.05) is 0 Å². The minimum atomic E-state index is -3.53. The van der Waals surface area contributed by atoms with Crippen LogP contribution in [0.1, 0.15) is 43.8 Å². The molecule has 1 N–H and O–H groups in total. The molecule has 9 heteroatoms. The van der Waals surface area contributed by atoms with Crippen molar-refractivity contribution in [1.29, 1.82) is 0 Å². The Bertz CT molecular complexity index is 1090. The Morgan fingerprint density at radius 1 is 1.20 bits per heavy atom. The van der Waals surface area contributed by atoms with Gasteiger partial charge in [-0.25, -0.2) is 19.3 Å². The minimum Gasteiger partial charge on any atom is -0.372 e. The van der Waals surface area contributed by atoms with Gasteiger partial charge in [0.05, 0.1) is 23.3 Å². The zero-order valence-electron chi connectivity index (χ0n) is 17.2. The Balaban J connectivity index is 2.03. The van der Waals surface area contributed by atoms with Gasteiger partial charge < -0.3 is 10.1 Å². The summed E-state index contributed by atoms with van der Waals surface area (Å²) in [5, 5.41) is 3.80. The van der Waals surface area contributed by atoms with Crippen LogP contribution in [0.15, 0.2) is 35.1 Å². The molecule has 0 fully saturated rings. The number of methoxy groups -OCH3 is 1.